The summed E-state index contributed by atoms with van der Waals surface area (Å²) in [6.45, 7) is 0. The molecule has 0 spiro atoms. The molecule has 0 aliphatic heterocycles. The van der Waals surface area contributed by atoms with Gasteiger partial charge in [-0.25, -0.2) is 8.78 Å². The number of carbonyl (C=O) groups excluding carboxylic acids is 1. The average Bonchev–Trinajstić information content (AvgIpc) is 2.83. The Labute approximate surface area is 105 Å². The molecule has 1 aromatic carbocycles. The lowest BCUT2D eigenvalue weighted by Gasteiger charge is -2.04. The van der Waals surface area contributed by atoms with Crippen LogP contribution in [0.4, 0.5) is 19.6 Å². The molecule has 0 bridgehead atoms. The van der Waals surface area contributed by atoms with Gasteiger partial charge in [0, 0.05) is 7.05 Å². The van der Waals surface area contributed by atoms with Crippen molar-refractivity contribution in [3.05, 3.63) is 34.8 Å². The van der Waals surface area contributed by atoms with Crippen molar-refractivity contribution in [2.24, 2.45) is 0 Å². The van der Waals surface area contributed by atoms with Gasteiger partial charge in [-0.05, 0) is 12.1 Å². The van der Waals surface area contributed by atoms with Crippen molar-refractivity contribution in [1.82, 2.24) is 10.2 Å². The molecular weight excluding hydrogens is 262 g/mol. The predicted molar refractivity (Wildman–Crippen MR) is 63.8 cm³/mol. The van der Waals surface area contributed by atoms with Crippen LogP contribution in [0.2, 0.25) is 0 Å². The largest absolute Gasteiger partial charge is 0.363 e. The smallest absolute Gasteiger partial charge is 0.286 e. The standard InChI is InChI=1S/C10H8F2N4OS/c1-13-10-16-15-9(18-10)8(17)14-6-4-2-3-5(11)7(6)12/h2-4H,1H3,(H,13,16)(H,14,17). The SMILES string of the molecule is CNc1nnc(C(=O)Nc2cccc(F)c2F)s1. The van der Waals surface area contributed by atoms with E-state index >= 15 is 0 Å². The van der Waals surface area contributed by atoms with Gasteiger partial charge in [-0.1, -0.05) is 17.4 Å². The highest BCUT2D eigenvalue weighted by molar-refractivity contribution is 7.17. The molecule has 2 N–H and O–H groups in total. The fourth-order valence-corrected chi connectivity index (χ4v) is 1.78. The second-order valence-corrected chi connectivity index (χ2v) is 4.20. The fourth-order valence-electron chi connectivity index (χ4n) is 1.19. The maximum Gasteiger partial charge on any atom is 0.286 e. The van der Waals surface area contributed by atoms with Crippen LogP contribution in [0.25, 0.3) is 0 Å². The Hall–Kier alpha value is -2.09. The van der Waals surface area contributed by atoms with Gasteiger partial charge in [0.1, 0.15) is 0 Å². The molecule has 0 saturated carbocycles. The summed E-state index contributed by atoms with van der Waals surface area (Å²) in [5, 5.41) is 12.7. The molecule has 1 amide bonds. The highest BCUT2D eigenvalue weighted by atomic mass is 32.1. The number of carbonyl (C=O) groups is 1. The van der Waals surface area contributed by atoms with Crippen molar-refractivity contribution in [1.29, 1.82) is 0 Å². The number of hydrogen-bond donors (Lipinski definition) is 2. The molecule has 0 unspecified atom stereocenters. The van der Waals surface area contributed by atoms with Crippen molar-refractivity contribution in [2.75, 3.05) is 17.7 Å². The average molecular weight is 270 g/mol. The van der Waals surface area contributed by atoms with Crippen molar-refractivity contribution in [3.8, 4) is 0 Å². The molecule has 2 aromatic rings. The Morgan fingerprint density at radius 3 is 2.78 bits per heavy atom. The van der Waals surface area contributed by atoms with E-state index in [4.69, 9.17) is 0 Å². The summed E-state index contributed by atoms with van der Waals surface area (Å²) in [5.74, 6) is -2.77. The number of hydrogen-bond acceptors (Lipinski definition) is 5. The molecule has 18 heavy (non-hydrogen) atoms. The zero-order valence-electron chi connectivity index (χ0n) is 9.20. The van der Waals surface area contributed by atoms with E-state index in [-0.39, 0.29) is 10.7 Å². The van der Waals surface area contributed by atoms with Crippen LogP contribution in [-0.2, 0) is 0 Å². The fraction of sp³-hybridized carbons (Fsp3) is 0.100. The van der Waals surface area contributed by atoms with Crippen LogP contribution in [0.15, 0.2) is 18.2 Å². The molecule has 0 radical (unpaired) electrons. The van der Waals surface area contributed by atoms with Gasteiger partial charge in [0.25, 0.3) is 5.91 Å². The molecule has 0 aliphatic carbocycles. The van der Waals surface area contributed by atoms with Gasteiger partial charge in [0.2, 0.25) is 10.1 Å². The van der Waals surface area contributed by atoms with Crippen LogP contribution < -0.4 is 10.6 Å². The van der Waals surface area contributed by atoms with E-state index in [2.05, 4.69) is 20.8 Å². The summed E-state index contributed by atoms with van der Waals surface area (Å²) in [6, 6.07) is 3.53. The molecule has 8 heteroatoms. The molecule has 0 fully saturated rings. The number of anilines is 2. The molecule has 2 rings (SSSR count). The summed E-state index contributed by atoms with van der Waals surface area (Å²) in [5.41, 5.74) is -0.235. The Morgan fingerprint density at radius 2 is 2.11 bits per heavy atom. The normalized spacial score (nSPS) is 10.2. The van der Waals surface area contributed by atoms with E-state index < -0.39 is 17.5 Å². The first-order valence-corrected chi connectivity index (χ1v) is 5.70. The lowest BCUT2D eigenvalue weighted by Crippen LogP contribution is -2.13. The molecule has 94 valence electrons. The van der Waals surface area contributed by atoms with Crippen LogP contribution in [0.3, 0.4) is 0 Å². The Kier molecular flexibility index (Phi) is 3.47. The second-order valence-electron chi connectivity index (χ2n) is 3.22. The Morgan fingerprint density at radius 1 is 1.33 bits per heavy atom. The number of halogens is 2. The van der Waals surface area contributed by atoms with Crippen molar-refractivity contribution >= 4 is 28.1 Å². The van der Waals surface area contributed by atoms with Crippen molar-refractivity contribution in [3.63, 3.8) is 0 Å². The quantitative estimate of drug-likeness (QED) is 0.896. The topological polar surface area (TPSA) is 66.9 Å². The van der Waals surface area contributed by atoms with Crippen molar-refractivity contribution < 1.29 is 13.6 Å². The first-order chi connectivity index (χ1) is 8.61. The van der Waals surface area contributed by atoms with Crippen LogP contribution in [-0.4, -0.2) is 23.2 Å². The maximum absolute atomic E-state index is 13.3. The third-order valence-corrected chi connectivity index (χ3v) is 2.97. The predicted octanol–water partition coefficient (Wildman–Crippen LogP) is 2.11. The van der Waals surface area contributed by atoms with Crippen LogP contribution >= 0.6 is 11.3 Å². The zero-order valence-corrected chi connectivity index (χ0v) is 10.0. The van der Waals surface area contributed by atoms with Crippen LogP contribution in [0.5, 0.6) is 0 Å². The summed E-state index contributed by atoms with van der Waals surface area (Å²) in [7, 11) is 1.63. The maximum atomic E-state index is 13.3. The number of nitrogens with one attached hydrogen (secondary N) is 2. The molecular formula is C10H8F2N4OS. The molecule has 1 aromatic heterocycles. The lowest BCUT2D eigenvalue weighted by atomic mass is 10.3. The van der Waals surface area contributed by atoms with E-state index in [9.17, 15) is 13.6 Å². The van der Waals surface area contributed by atoms with Gasteiger partial charge in [-0.3, -0.25) is 4.79 Å². The van der Waals surface area contributed by atoms with E-state index in [0.29, 0.717) is 5.13 Å². The molecule has 5 nitrogen and oxygen atoms in total. The van der Waals surface area contributed by atoms with Crippen molar-refractivity contribution in [2.45, 2.75) is 0 Å². The third kappa shape index (κ3) is 2.43. The van der Waals surface area contributed by atoms with E-state index in [0.717, 1.165) is 17.4 Å². The highest BCUT2D eigenvalue weighted by Crippen LogP contribution is 2.19. The van der Waals surface area contributed by atoms with Gasteiger partial charge < -0.3 is 10.6 Å². The number of amides is 1. The van der Waals surface area contributed by atoms with Gasteiger partial charge in [-0.2, -0.15) is 0 Å². The third-order valence-electron chi connectivity index (χ3n) is 2.03. The minimum absolute atomic E-state index is 0.0583. The molecule has 0 atom stereocenters. The van der Waals surface area contributed by atoms with E-state index in [1.165, 1.54) is 12.1 Å². The number of rotatable bonds is 3. The first kappa shape index (κ1) is 12.4. The van der Waals surface area contributed by atoms with Gasteiger partial charge in [-0.15, -0.1) is 10.2 Å². The van der Waals surface area contributed by atoms with E-state index in [1.54, 1.807) is 7.05 Å². The highest BCUT2D eigenvalue weighted by Gasteiger charge is 2.15. The summed E-state index contributed by atoms with van der Waals surface area (Å²) in [6.07, 6.45) is 0. The number of aromatic nitrogens is 2. The minimum Gasteiger partial charge on any atom is -0.363 e. The van der Waals surface area contributed by atoms with Crippen LogP contribution in [0.1, 0.15) is 9.80 Å². The van der Waals surface area contributed by atoms with Gasteiger partial charge in [0.15, 0.2) is 11.6 Å². The Balaban J connectivity index is 2.18. The Bertz CT molecular complexity index is 587. The lowest BCUT2D eigenvalue weighted by molar-refractivity contribution is 0.102. The summed E-state index contributed by atoms with van der Waals surface area (Å²) in [4.78, 5) is 11.7. The van der Waals surface area contributed by atoms with Gasteiger partial charge >= 0.3 is 0 Å². The number of nitrogens with zero attached hydrogens (tertiary/aromatic N) is 2. The van der Waals surface area contributed by atoms with Gasteiger partial charge in [0.05, 0.1) is 5.69 Å². The summed E-state index contributed by atoms with van der Waals surface area (Å²) >= 11 is 1.01. The van der Waals surface area contributed by atoms with Crippen LogP contribution in [0, 0.1) is 11.6 Å². The molecule has 0 saturated heterocycles. The van der Waals surface area contributed by atoms with E-state index in [1.807, 2.05) is 0 Å². The monoisotopic (exact) mass is 270 g/mol. The second kappa shape index (κ2) is 5.05. The number of benzene rings is 1. The molecule has 0 aliphatic rings. The zero-order chi connectivity index (χ0) is 13.1. The molecule has 1 heterocycles. The summed E-state index contributed by atoms with van der Waals surface area (Å²) < 4.78 is 26.2. The first-order valence-electron chi connectivity index (χ1n) is 4.88. The minimum atomic E-state index is -1.11.